The van der Waals surface area contributed by atoms with Crippen LogP contribution in [0.3, 0.4) is 0 Å². The van der Waals surface area contributed by atoms with Crippen LogP contribution < -0.4 is 10.1 Å². The molecule has 1 aromatic carbocycles. The van der Waals surface area contributed by atoms with Crippen LogP contribution in [0.15, 0.2) is 30.5 Å². The Labute approximate surface area is 157 Å². The molecule has 0 saturated heterocycles. The number of aryl methyl sites for hydroxylation is 1. The van der Waals surface area contributed by atoms with E-state index < -0.39 is 5.82 Å². The Morgan fingerprint density at radius 2 is 2.00 bits per heavy atom. The van der Waals surface area contributed by atoms with Crippen LogP contribution in [0.2, 0.25) is 0 Å². The molecule has 0 fully saturated rings. The van der Waals surface area contributed by atoms with Gasteiger partial charge < -0.3 is 10.1 Å². The van der Waals surface area contributed by atoms with Gasteiger partial charge in [-0.15, -0.1) is 0 Å². The maximum atomic E-state index is 14.0. The van der Waals surface area contributed by atoms with E-state index in [2.05, 4.69) is 15.4 Å². The highest BCUT2D eigenvalue weighted by Gasteiger charge is 2.19. The summed E-state index contributed by atoms with van der Waals surface area (Å²) >= 11 is 0. The third-order valence-electron chi connectivity index (χ3n) is 4.45. The topological polar surface area (TPSA) is 69.0 Å². The third kappa shape index (κ3) is 3.63. The molecule has 7 heteroatoms. The summed E-state index contributed by atoms with van der Waals surface area (Å²) in [7, 11) is 1.41. The number of nitrogens with zero attached hydrogens (tertiary/aromatic N) is 3. The van der Waals surface area contributed by atoms with E-state index >= 15 is 0 Å². The smallest absolute Gasteiger partial charge is 0.252 e. The lowest BCUT2D eigenvalue weighted by Gasteiger charge is -2.16. The molecule has 2 heterocycles. The van der Waals surface area contributed by atoms with E-state index in [0.717, 1.165) is 5.69 Å². The average molecular weight is 370 g/mol. The van der Waals surface area contributed by atoms with Crippen LogP contribution in [-0.4, -0.2) is 27.8 Å². The zero-order valence-corrected chi connectivity index (χ0v) is 16.1. The monoisotopic (exact) mass is 370 g/mol. The summed E-state index contributed by atoms with van der Waals surface area (Å²) in [6.45, 7) is 7.67. The standard InChI is InChI=1S/C20H23FN4O2/c1-11(2)25-19-16(10-22-25)15(8-12(3)23-19)20(26)24-13(4)14-6-7-18(27-5)17(21)9-14/h6-11,13H,1-5H3,(H,24,26). The van der Waals surface area contributed by atoms with E-state index in [4.69, 9.17) is 4.74 Å². The van der Waals surface area contributed by atoms with Gasteiger partial charge in [0, 0.05) is 11.7 Å². The number of benzene rings is 1. The maximum Gasteiger partial charge on any atom is 0.252 e. The Morgan fingerprint density at radius 1 is 1.26 bits per heavy atom. The molecule has 6 nitrogen and oxygen atoms in total. The van der Waals surface area contributed by atoms with Gasteiger partial charge in [-0.2, -0.15) is 5.10 Å². The second-order valence-corrected chi connectivity index (χ2v) is 6.82. The lowest BCUT2D eigenvalue weighted by atomic mass is 10.1. The van der Waals surface area contributed by atoms with Gasteiger partial charge in [-0.25, -0.2) is 14.1 Å². The molecule has 0 aliphatic heterocycles. The molecule has 27 heavy (non-hydrogen) atoms. The fraction of sp³-hybridized carbons (Fsp3) is 0.350. The molecule has 0 radical (unpaired) electrons. The summed E-state index contributed by atoms with van der Waals surface area (Å²) in [5, 5.41) is 7.98. The molecule has 0 aliphatic rings. The molecule has 1 unspecified atom stereocenters. The number of nitrogens with one attached hydrogen (secondary N) is 1. The Balaban J connectivity index is 1.91. The molecule has 0 bridgehead atoms. The first-order valence-electron chi connectivity index (χ1n) is 8.81. The fourth-order valence-electron chi connectivity index (χ4n) is 3.02. The summed E-state index contributed by atoms with van der Waals surface area (Å²) in [6, 6.07) is 6.15. The lowest BCUT2D eigenvalue weighted by Crippen LogP contribution is -2.27. The van der Waals surface area contributed by atoms with Crippen LogP contribution in [0.1, 0.15) is 54.5 Å². The van der Waals surface area contributed by atoms with Crippen LogP contribution in [-0.2, 0) is 0 Å². The summed E-state index contributed by atoms with van der Waals surface area (Å²) in [4.78, 5) is 17.4. The average Bonchev–Trinajstić information content (AvgIpc) is 3.04. The van der Waals surface area contributed by atoms with Crippen LogP contribution in [0.4, 0.5) is 4.39 Å². The van der Waals surface area contributed by atoms with Gasteiger partial charge in [0.25, 0.3) is 5.91 Å². The van der Waals surface area contributed by atoms with Crippen molar-refractivity contribution >= 4 is 16.9 Å². The van der Waals surface area contributed by atoms with E-state index in [1.807, 2.05) is 27.7 Å². The summed E-state index contributed by atoms with van der Waals surface area (Å²) < 4.78 is 20.7. The molecule has 3 rings (SSSR count). The Hall–Kier alpha value is -2.96. The van der Waals surface area contributed by atoms with Gasteiger partial charge in [-0.05, 0) is 51.5 Å². The predicted molar refractivity (Wildman–Crippen MR) is 101 cm³/mol. The molecule has 0 saturated carbocycles. The first-order valence-corrected chi connectivity index (χ1v) is 8.81. The highest BCUT2D eigenvalue weighted by atomic mass is 19.1. The molecule has 2 aromatic heterocycles. The fourth-order valence-corrected chi connectivity index (χ4v) is 3.02. The molecule has 3 aromatic rings. The number of amides is 1. The predicted octanol–water partition coefficient (Wildman–Crippen LogP) is 3.96. The number of pyridine rings is 1. The van der Waals surface area contributed by atoms with E-state index in [9.17, 15) is 9.18 Å². The second kappa shape index (κ2) is 7.34. The highest BCUT2D eigenvalue weighted by Crippen LogP contribution is 2.24. The van der Waals surface area contributed by atoms with Crippen LogP contribution >= 0.6 is 0 Å². The lowest BCUT2D eigenvalue weighted by molar-refractivity contribution is 0.0941. The van der Waals surface area contributed by atoms with Crippen molar-refractivity contribution < 1.29 is 13.9 Å². The summed E-state index contributed by atoms with van der Waals surface area (Å²) in [6.07, 6.45) is 1.66. The van der Waals surface area contributed by atoms with E-state index in [-0.39, 0.29) is 23.7 Å². The quantitative estimate of drug-likeness (QED) is 0.738. The van der Waals surface area contributed by atoms with Gasteiger partial charge in [0.2, 0.25) is 0 Å². The largest absolute Gasteiger partial charge is 0.494 e. The number of carbonyl (C=O) groups excluding carboxylic acids is 1. The van der Waals surface area contributed by atoms with Crippen molar-refractivity contribution in [1.82, 2.24) is 20.1 Å². The molecule has 0 aliphatic carbocycles. The minimum absolute atomic E-state index is 0.133. The van der Waals surface area contributed by atoms with Crippen LogP contribution in [0.25, 0.3) is 11.0 Å². The van der Waals surface area contributed by atoms with Crippen molar-refractivity contribution in [3.8, 4) is 5.75 Å². The number of aromatic nitrogens is 3. The van der Waals surface area contributed by atoms with E-state index in [0.29, 0.717) is 22.2 Å². The molecular weight excluding hydrogens is 347 g/mol. The van der Waals surface area contributed by atoms with Crippen molar-refractivity contribution in [3.63, 3.8) is 0 Å². The van der Waals surface area contributed by atoms with E-state index in [1.54, 1.807) is 29.1 Å². The van der Waals surface area contributed by atoms with Crippen LogP contribution in [0.5, 0.6) is 5.75 Å². The molecule has 1 atom stereocenters. The first-order chi connectivity index (χ1) is 12.8. The second-order valence-electron chi connectivity index (χ2n) is 6.82. The summed E-state index contributed by atoms with van der Waals surface area (Å²) in [5.74, 6) is -0.543. The van der Waals surface area contributed by atoms with Crippen molar-refractivity contribution in [2.24, 2.45) is 0 Å². The SMILES string of the molecule is COc1ccc(C(C)NC(=O)c2cc(C)nc3c2cnn3C(C)C)cc1F. The summed E-state index contributed by atoms with van der Waals surface area (Å²) in [5.41, 5.74) is 2.57. The van der Waals surface area contributed by atoms with Crippen molar-refractivity contribution in [2.75, 3.05) is 7.11 Å². The molecular formula is C20H23FN4O2. The molecule has 1 N–H and O–H groups in total. The zero-order valence-electron chi connectivity index (χ0n) is 16.1. The Kier molecular flexibility index (Phi) is 5.12. The van der Waals surface area contributed by atoms with Gasteiger partial charge in [0.1, 0.15) is 0 Å². The van der Waals surface area contributed by atoms with Gasteiger partial charge in [0.15, 0.2) is 17.2 Å². The van der Waals surface area contributed by atoms with Gasteiger partial charge in [0.05, 0.1) is 30.3 Å². The molecule has 0 spiro atoms. The zero-order chi connectivity index (χ0) is 19.7. The van der Waals surface area contributed by atoms with Gasteiger partial charge in [-0.1, -0.05) is 6.07 Å². The number of halogens is 1. The van der Waals surface area contributed by atoms with Crippen LogP contribution in [0, 0.1) is 12.7 Å². The third-order valence-corrected chi connectivity index (χ3v) is 4.45. The Morgan fingerprint density at radius 3 is 2.63 bits per heavy atom. The minimum atomic E-state index is -0.462. The number of ether oxygens (including phenoxy) is 1. The molecule has 142 valence electrons. The number of hydrogen-bond acceptors (Lipinski definition) is 4. The van der Waals surface area contributed by atoms with Gasteiger partial charge >= 0.3 is 0 Å². The first kappa shape index (κ1) is 18.8. The van der Waals surface area contributed by atoms with Crippen molar-refractivity contribution in [2.45, 2.75) is 39.8 Å². The molecule has 1 amide bonds. The Bertz CT molecular complexity index is 997. The van der Waals surface area contributed by atoms with E-state index in [1.165, 1.54) is 13.2 Å². The number of fused-ring (bicyclic) bond motifs is 1. The minimum Gasteiger partial charge on any atom is -0.494 e. The normalized spacial score (nSPS) is 12.4. The van der Waals surface area contributed by atoms with Crippen molar-refractivity contribution in [1.29, 1.82) is 0 Å². The maximum absolute atomic E-state index is 14.0. The van der Waals surface area contributed by atoms with Crippen molar-refractivity contribution in [3.05, 3.63) is 53.1 Å². The number of methoxy groups -OCH3 is 1. The number of carbonyl (C=O) groups is 1. The highest BCUT2D eigenvalue weighted by molar-refractivity contribution is 6.05. The van der Waals surface area contributed by atoms with Gasteiger partial charge in [-0.3, -0.25) is 4.79 Å². The number of hydrogen-bond donors (Lipinski definition) is 1. The number of rotatable bonds is 5.